The fraction of sp³-hybridized carbons (Fsp3) is 0.286. The summed E-state index contributed by atoms with van der Waals surface area (Å²) in [5, 5.41) is -0.233. The van der Waals surface area contributed by atoms with E-state index in [1.54, 1.807) is 18.1 Å². The van der Waals surface area contributed by atoms with E-state index in [2.05, 4.69) is 0 Å². The minimum Gasteiger partial charge on any atom is -0.497 e. The first kappa shape index (κ1) is 14.6. The average molecular weight is 292 g/mol. The van der Waals surface area contributed by atoms with Crippen molar-refractivity contribution in [2.24, 2.45) is 0 Å². The van der Waals surface area contributed by atoms with Crippen LogP contribution in [0.25, 0.3) is 6.08 Å². The molecule has 1 heterocycles. The standard InChI is InChI=1S/C14H16N2O3S/c1-15(2)9-16-13(17)12(20-14(16)18)8-10-4-6-11(19-3)7-5-10/h4-8H,9H2,1-3H3/b12-8+. The number of imide groups is 1. The number of nitrogens with zero attached hydrogens (tertiary/aromatic N) is 2. The van der Waals surface area contributed by atoms with Crippen LogP contribution in [0.1, 0.15) is 5.56 Å². The highest BCUT2D eigenvalue weighted by molar-refractivity contribution is 8.18. The van der Waals surface area contributed by atoms with Crippen LogP contribution in [0.3, 0.4) is 0 Å². The van der Waals surface area contributed by atoms with Gasteiger partial charge >= 0.3 is 0 Å². The Labute approximate surface area is 122 Å². The van der Waals surface area contributed by atoms with E-state index >= 15 is 0 Å². The highest BCUT2D eigenvalue weighted by atomic mass is 32.2. The van der Waals surface area contributed by atoms with Crippen molar-refractivity contribution in [3.05, 3.63) is 34.7 Å². The minimum absolute atomic E-state index is 0.233. The summed E-state index contributed by atoms with van der Waals surface area (Å²) < 4.78 is 5.08. The molecular weight excluding hydrogens is 276 g/mol. The zero-order valence-electron chi connectivity index (χ0n) is 11.6. The lowest BCUT2D eigenvalue weighted by Crippen LogP contribution is -2.36. The van der Waals surface area contributed by atoms with Crippen molar-refractivity contribution in [2.75, 3.05) is 27.9 Å². The number of ether oxygens (including phenoxy) is 1. The molecule has 1 fully saturated rings. The maximum absolute atomic E-state index is 12.1. The molecule has 1 aromatic rings. The second-order valence-corrected chi connectivity index (χ2v) is 5.60. The maximum atomic E-state index is 12.1. The third-order valence-corrected chi connectivity index (χ3v) is 3.62. The first-order valence-corrected chi connectivity index (χ1v) is 6.87. The van der Waals surface area contributed by atoms with Crippen LogP contribution >= 0.6 is 11.8 Å². The SMILES string of the molecule is COc1ccc(/C=C2/SC(=O)N(CN(C)C)C2=O)cc1. The van der Waals surface area contributed by atoms with Crippen LogP contribution in [0.4, 0.5) is 4.79 Å². The van der Waals surface area contributed by atoms with Gasteiger partial charge in [-0.15, -0.1) is 0 Å². The van der Waals surface area contributed by atoms with Crippen molar-refractivity contribution >= 4 is 29.0 Å². The summed E-state index contributed by atoms with van der Waals surface area (Å²) in [7, 11) is 5.23. The molecule has 0 radical (unpaired) electrons. The van der Waals surface area contributed by atoms with Gasteiger partial charge in [-0.1, -0.05) is 12.1 Å². The van der Waals surface area contributed by atoms with E-state index in [9.17, 15) is 9.59 Å². The molecule has 0 unspecified atom stereocenters. The predicted octanol–water partition coefficient (Wildman–Crippen LogP) is 2.25. The number of rotatable bonds is 4. The highest BCUT2D eigenvalue weighted by Gasteiger charge is 2.35. The van der Waals surface area contributed by atoms with E-state index in [4.69, 9.17) is 4.74 Å². The fourth-order valence-corrected chi connectivity index (χ4v) is 2.59. The van der Waals surface area contributed by atoms with Gasteiger partial charge in [0.15, 0.2) is 0 Å². The molecule has 0 saturated carbocycles. The fourth-order valence-electron chi connectivity index (χ4n) is 1.76. The summed E-state index contributed by atoms with van der Waals surface area (Å²) in [6, 6.07) is 7.32. The molecule has 2 rings (SSSR count). The van der Waals surface area contributed by atoms with E-state index in [1.807, 2.05) is 38.4 Å². The summed E-state index contributed by atoms with van der Waals surface area (Å²) >= 11 is 0.969. The minimum atomic E-state index is -0.246. The van der Waals surface area contributed by atoms with Gasteiger partial charge in [-0.25, -0.2) is 0 Å². The number of carbonyl (C=O) groups is 2. The zero-order chi connectivity index (χ0) is 14.7. The second-order valence-electron chi connectivity index (χ2n) is 4.60. The van der Waals surface area contributed by atoms with E-state index in [0.29, 0.717) is 11.6 Å². The van der Waals surface area contributed by atoms with Crippen molar-refractivity contribution in [3.8, 4) is 5.75 Å². The molecule has 5 nitrogen and oxygen atoms in total. The van der Waals surface area contributed by atoms with Gasteiger partial charge < -0.3 is 4.74 Å². The lowest BCUT2D eigenvalue weighted by Gasteiger charge is -2.17. The Morgan fingerprint density at radius 1 is 1.25 bits per heavy atom. The molecule has 0 bridgehead atoms. The highest BCUT2D eigenvalue weighted by Crippen LogP contribution is 2.32. The van der Waals surface area contributed by atoms with Gasteiger partial charge in [0.2, 0.25) is 0 Å². The molecule has 106 valence electrons. The molecular formula is C14H16N2O3S. The number of benzene rings is 1. The topological polar surface area (TPSA) is 49.9 Å². The molecule has 1 aromatic carbocycles. The van der Waals surface area contributed by atoms with Crippen LogP contribution in [0.5, 0.6) is 5.75 Å². The van der Waals surface area contributed by atoms with Gasteiger partial charge in [-0.2, -0.15) is 0 Å². The third-order valence-electron chi connectivity index (χ3n) is 2.71. The van der Waals surface area contributed by atoms with Gasteiger partial charge in [0.25, 0.3) is 11.1 Å². The van der Waals surface area contributed by atoms with Crippen LogP contribution < -0.4 is 4.74 Å². The molecule has 0 N–H and O–H groups in total. The van der Waals surface area contributed by atoms with Gasteiger partial charge in [0, 0.05) is 0 Å². The molecule has 0 atom stereocenters. The Morgan fingerprint density at radius 3 is 2.45 bits per heavy atom. The molecule has 2 amide bonds. The summed E-state index contributed by atoms with van der Waals surface area (Å²) in [6.45, 7) is 0.296. The Balaban J connectivity index is 2.18. The van der Waals surface area contributed by atoms with E-state index in [0.717, 1.165) is 23.1 Å². The number of hydrogen-bond acceptors (Lipinski definition) is 5. The first-order valence-electron chi connectivity index (χ1n) is 6.05. The van der Waals surface area contributed by atoms with Crippen LogP contribution in [0.2, 0.25) is 0 Å². The monoisotopic (exact) mass is 292 g/mol. The van der Waals surface area contributed by atoms with Crippen molar-refractivity contribution in [1.82, 2.24) is 9.80 Å². The van der Waals surface area contributed by atoms with Crippen LogP contribution in [0.15, 0.2) is 29.2 Å². The quantitative estimate of drug-likeness (QED) is 0.797. The van der Waals surface area contributed by atoms with Crippen molar-refractivity contribution < 1.29 is 14.3 Å². The summed E-state index contributed by atoms with van der Waals surface area (Å²) in [4.78, 5) is 27.4. The first-order chi connectivity index (χ1) is 9.51. The van der Waals surface area contributed by atoms with E-state index in [1.165, 1.54) is 4.90 Å². The van der Waals surface area contributed by atoms with E-state index < -0.39 is 0 Å². The lowest BCUT2D eigenvalue weighted by atomic mass is 10.2. The third kappa shape index (κ3) is 3.20. The number of thioether (sulfide) groups is 1. The Bertz CT molecular complexity index is 552. The van der Waals surface area contributed by atoms with Gasteiger partial charge in [0.05, 0.1) is 18.7 Å². The normalized spacial score (nSPS) is 17.4. The smallest absolute Gasteiger partial charge is 0.294 e. The van der Waals surface area contributed by atoms with Gasteiger partial charge in [-0.05, 0) is 49.6 Å². The van der Waals surface area contributed by atoms with Crippen molar-refractivity contribution in [1.29, 1.82) is 0 Å². The number of hydrogen-bond donors (Lipinski definition) is 0. The van der Waals surface area contributed by atoms with Crippen LogP contribution in [0, 0.1) is 0 Å². The summed E-state index contributed by atoms with van der Waals surface area (Å²) in [5.74, 6) is 0.507. The maximum Gasteiger partial charge on any atom is 0.294 e. The largest absolute Gasteiger partial charge is 0.497 e. The number of amides is 2. The molecule has 1 aliphatic rings. The number of carbonyl (C=O) groups excluding carboxylic acids is 2. The Morgan fingerprint density at radius 2 is 1.90 bits per heavy atom. The lowest BCUT2D eigenvalue weighted by molar-refractivity contribution is -0.123. The Hall–Kier alpha value is -1.79. The Kier molecular flexibility index (Phi) is 4.46. The molecule has 0 aromatic heterocycles. The molecule has 20 heavy (non-hydrogen) atoms. The second kappa shape index (κ2) is 6.11. The molecule has 0 spiro atoms. The number of methoxy groups -OCH3 is 1. The summed E-state index contributed by atoms with van der Waals surface area (Å²) in [6.07, 6.45) is 1.72. The molecule has 1 aliphatic heterocycles. The van der Waals surface area contributed by atoms with Gasteiger partial charge in [0.1, 0.15) is 5.75 Å². The van der Waals surface area contributed by atoms with Crippen molar-refractivity contribution in [2.45, 2.75) is 0 Å². The van der Waals surface area contributed by atoms with E-state index in [-0.39, 0.29) is 11.1 Å². The summed E-state index contributed by atoms with van der Waals surface area (Å²) in [5.41, 5.74) is 0.862. The van der Waals surface area contributed by atoms with Gasteiger partial charge in [-0.3, -0.25) is 19.4 Å². The van der Waals surface area contributed by atoms with Crippen LogP contribution in [-0.2, 0) is 4.79 Å². The molecule has 1 saturated heterocycles. The predicted molar refractivity (Wildman–Crippen MR) is 79.4 cm³/mol. The average Bonchev–Trinajstić information content (AvgIpc) is 2.67. The molecule has 0 aliphatic carbocycles. The zero-order valence-corrected chi connectivity index (χ0v) is 12.4. The van der Waals surface area contributed by atoms with Crippen LogP contribution in [-0.4, -0.2) is 48.8 Å². The molecule has 6 heteroatoms. The van der Waals surface area contributed by atoms with Crippen molar-refractivity contribution in [3.63, 3.8) is 0 Å².